The summed E-state index contributed by atoms with van der Waals surface area (Å²) in [6, 6.07) is 0. The molecule has 9 heteroatoms. The number of thioether (sulfide) groups is 2. The Labute approximate surface area is 147 Å². The van der Waals surface area contributed by atoms with Gasteiger partial charge in [0.2, 0.25) is 0 Å². The molecule has 0 atom stereocenters. The zero-order valence-electron chi connectivity index (χ0n) is 12.6. The van der Waals surface area contributed by atoms with Crippen molar-refractivity contribution in [3.05, 3.63) is 35.9 Å². The first-order valence-electron chi connectivity index (χ1n) is 7.44. The Bertz CT molecular complexity index is 608. The van der Waals surface area contributed by atoms with E-state index in [9.17, 15) is 0 Å². The van der Waals surface area contributed by atoms with Crippen LogP contribution in [0.4, 0.5) is 0 Å². The summed E-state index contributed by atoms with van der Waals surface area (Å²) >= 11 is 5.27. The second-order valence-electron chi connectivity index (χ2n) is 4.95. The molecule has 0 aromatic carbocycles. The third kappa shape index (κ3) is 5.67. The van der Waals surface area contributed by atoms with Crippen molar-refractivity contribution in [2.45, 2.75) is 34.4 Å². The minimum atomic E-state index is 1.05. The van der Waals surface area contributed by atoms with Crippen LogP contribution in [0.15, 0.2) is 33.5 Å². The number of aromatic amines is 2. The molecular weight excluding hydrogens is 348 g/mol. The molecule has 3 rings (SSSR count). The van der Waals surface area contributed by atoms with Gasteiger partial charge in [-0.15, -0.1) is 10.2 Å². The number of nitrogens with zero attached hydrogens (tertiary/aromatic N) is 4. The first-order chi connectivity index (χ1) is 11.4. The van der Waals surface area contributed by atoms with Crippen molar-refractivity contribution in [1.82, 2.24) is 30.6 Å². The van der Waals surface area contributed by atoms with Crippen LogP contribution >= 0.6 is 34.9 Å². The smallest absolute Gasteiger partial charge is 0.175 e. The van der Waals surface area contributed by atoms with E-state index >= 15 is 0 Å². The van der Waals surface area contributed by atoms with Crippen molar-refractivity contribution in [2.24, 2.45) is 0 Å². The van der Waals surface area contributed by atoms with Crippen LogP contribution in [0.2, 0.25) is 0 Å². The largest absolute Gasteiger partial charge is 0.285 e. The van der Waals surface area contributed by atoms with E-state index in [1.807, 2.05) is 24.8 Å². The van der Waals surface area contributed by atoms with Crippen LogP contribution in [-0.2, 0) is 12.8 Å². The maximum atomic E-state index is 4.26. The molecular formula is C14H18N6S3. The molecule has 0 spiro atoms. The highest BCUT2D eigenvalue weighted by atomic mass is 32.2. The summed E-state index contributed by atoms with van der Waals surface area (Å²) in [7, 11) is 0. The van der Waals surface area contributed by atoms with E-state index in [1.165, 1.54) is 11.1 Å². The topological polar surface area (TPSA) is 83.1 Å². The average molecular weight is 367 g/mol. The lowest BCUT2D eigenvalue weighted by atomic mass is 10.2. The fraction of sp³-hybridized carbons (Fsp3) is 0.429. The number of H-pyrrole nitrogens is 2. The van der Waals surface area contributed by atoms with Crippen LogP contribution in [0.25, 0.3) is 0 Å². The number of aryl methyl sites for hydroxylation is 2. The Morgan fingerprint density at radius 1 is 0.826 bits per heavy atom. The lowest BCUT2D eigenvalue weighted by molar-refractivity contribution is 0.919. The van der Waals surface area contributed by atoms with Crippen LogP contribution in [0.1, 0.15) is 24.0 Å². The number of aromatic nitrogens is 6. The van der Waals surface area contributed by atoms with Gasteiger partial charge in [0, 0.05) is 23.9 Å². The van der Waals surface area contributed by atoms with E-state index in [2.05, 4.69) is 30.6 Å². The average Bonchev–Trinajstić information content (AvgIpc) is 3.31. The predicted molar refractivity (Wildman–Crippen MR) is 95.2 cm³/mol. The molecule has 23 heavy (non-hydrogen) atoms. The predicted octanol–water partition coefficient (Wildman–Crippen LogP) is 3.43. The Hall–Kier alpha value is -1.32. The summed E-state index contributed by atoms with van der Waals surface area (Å²) in [4.78, 5) is 0. The van der Waals surface area contributed by atoms with Gasteiger partial charge in [-0.2, -0.15) is 10.2 Å². The molecule has 0 aliphatic carbocycles. The van der Waals surface area contributed by atoms with Gasteiger partial charge in [-0.1, -0.05) is 34.9 Å². The van der Waals surface area contributed by atoms with Crippen molar-refractivity contribution >= 4 is 34.9 Å². The Balaban J connectivity index is 1.30. The van der Waals surface area contributed by atoms with Crippen LogP contribution in [0, 0.1) is 0 Å². The van der Waals surface area contributed by atoms with Crippen molar-refractivity contribution in [1.29, 1.82) is 0 Å². The van der Waals surface area contributed by atoms with Crippen molar-refractivity contribution in [3.63, 3.8) is 0 Å². The SMILES string of the molecule is c1n[nH]cc1CCCSc1nnc(SCCCc2cn[nH]c2)s1. The molecule has 2 N–H and O–H groups in total. The molecule has 3 heterocycles. The zero-order chi connectivity index (χ0) is 15.7. The summed E-state index contributed by atoms with van der Waals surface area (Å²) in [5.41, 5.74) is 2.52. The normalized spacial score (nSPS) is 11.1. The van der Waals surface area contributed by atoms with E-state index in [-0.39, 0.29) is 0 Å². The van der Waals surface area contributed by atoms with Crippen molar-refractivity contribution in [2.75, 3.05) is 11.5 Å². The minimum Gasteiger partial charge on any atom is -0.285 e. The lowest BCUT2D eigenvalue weighted by Crippen LogP contribution is -1.85. The summed E-state index contributed by atoms with van der Waals surface area (Å²) in [5, 5.41) is 22.1. The molecule has 0 saturated heterocycles. The standard InChI is InChI=1S/C14H18N6S3/c1(3-11-7-15-16-8-11)5-21-13-19-20-14(23-13)22-6-2-4-12-9-17-18-10-12/h7-10H,1-6H2,(H,15,16)(H,17,18). The Morgan fingerprint density at radius 3 is 1.78 bits per heavy atom. The van der Waals surface area contributed by atoms with Crippen molar-refractivity contribution in [3.8, 4) is 0 Å². The molecule has 6 nitrogen and oxygen atoms in total. The quantitative estimate of drug-likeness (QED) is 0.422. The maximum absolute atomic E-state index is 4.26. The number of rotatable bonds is 10. The van der Waals surface area contributed by atoms with E-state index in [1.54, 1.807) is 34.9 Å². The van der Waals surface area contributed by atoms with Gasteiger partial charge in [0.15, 0.2) is 8.68 Å². The van der Waals surface area contributed by atoms with E-state index < -0.39 is 0 Å². The number of hydrogen-bond acceptors (Lipinski definition) is 7. The highest BCUT2D eigenvalue weighted by molar-refractivity contribution is 8.03. The maximum Gasteiger partial charge on any atom is 0.175 e. The Morgan fingerprint density at radius 2 is 1.35 bits per heavy atom. The zero-order valence-corrected chi connectivity index (χ0v) is 15.0. The second-order valence-corrected chi connectivity index (χ2v) is 8.61. The lowest BCUT2D eigenvalue weighted by Gasteiger charge is -1.96. The second kappa shape index (κ2) is 9.09. The first kappa shape index (κ1) is 16.5. The van der Waals surface area contributed by atoms with Crippen LogP contribution in [0.5, 0.6) is 0 Å². The minimum absolute atomic E-state index is 1.05. The fourth-order valence-corrected chi connectivity index (χ4v) is 5.05. The summed E-state index contributed by atoms with van der Waals surface area (Å²) in [6.45, 7) is 0. The third-order valence-corrected chi connectivity index (χ3v) is 6.53. The van der Waals surface area contributed by atoms with Crippen molar-refractivity contribution < 1.29 is 0 Å². The molecule has 0 fully saturated rings. The number of hydrogen-bond donors (Lipinski definition) is 2. The molecule has 3 aromatic heterocycles. The summed E-state index contributed by atoms with van der Waals surface area (Å²) in [5.74, 6) is 2.12. The molecule has 0 saturated carbocycles. The molecule has 0 aliphatic heterocycles. The van der Waals surface area contributed by atoms with Gasteiger partial charge in [0.05, 0.1) is 12.4 Å². The molecule has 0 amide bonds. The van der Waals surface area contributed by atoms with E-state index in [4.69, 9.17) is 0 Å². The van der Waals surface area contributed by atoms with E-state index in [0.717, 1.165) is 45.9 Å². The molecule has 3 aromatic rings. The van der Waals surface area contributed by atoms with Gasteiger partial charge in [-0.3, -0.25) is 10.2 Å². The van der Waals surface area contributed by atoms with Gasteiger partial charge in [0.1, 0.15) is 0 Å². The summed E-state index contributed by atoms with van der Waals surface area (Å²) in [6.07, 6.45) is 12.0. The highest BCUT2D eigenvalue weighted by Crippen LogP contribution is 2.29. The van der Waals surface area contributed by atoms with Crippen LogP contribution < -0.4 is 0 Å². The van der Waals surface area contributed by atoms with Gasteiger partial charge < -0.3 is 0 Å². The van der Waals surface area contributed by atoms with Gasteiger partial charge in [0.25, 0.3) is 0 Å². The van der Waals surface area contributed by atoms with Gasteiger partial charge in [-0.05, 0) is 36.8 Å². The molecule has 0 unspecified atom stereocenters. The third-order valence-electron chi connectivity index (χ3n) is 3.17. The number of nitrogens with one attached hydrogen (secondary N) is 2. The fourth-order valence-electron chi connectivity index (χ4n) is 2.01. The first-order valence-corrected chi connectivity index (χ1v) is 10.2. The Kier molecular flexibility index (Phi) is 6.54. The van der Waals surface area contributed by atoms with Gasteiger partial charge >= 0.3 is 0 Å². The monoisotopic (exact) mass is 366 g/mol. The molecule has 0 radical (unpaired) electrons. The highest BCUT2D eigenvalue weighted by Gasteiger charge is 2.06. The van der Waals surface area contributed by atoms with Crippen LogP contribution in [0.3, 0.4) is 0 Å². The molecule has 122 valence electrons. The van der Waals surface area contributed by atoms with Gasteiger partial charge in [-0.25, -0.2) is 0 Å². The van der Waals surface area contributed by atoms with Crippen LogP contribution in [-0.4, -0.2) is 42.1 Å². The summed E-state index contributed by atoms with van der Waals surface area (Å²) < 4.78 is 2.13. The van der Waals surface area contributed by atoms with E-state index in [0.29, 0.717) is 0 Å². The molecule has 0 aliphatic rings. The molecule has 0 bridgehead atoms.